The number of thioether (sulfide) groups is 1. The van der Waals surface area contributed by atoms with Crippen molar-refractivity contribution in [1.82, 2.24) is 5.32 Å². The number of nitriles is 1. The van der Waals surface area contributed by atoms with Crippen LogP contribution < -0.4 is 15.4 Å². The molecule has 6 nitrogen and oxygen atoms in total. The molecule has 0 aliphatic carbocycles. The fraction of sp³-hybridized carbons (Fsp3) is 0.217. The average Bonchev–Trinajstić information content (AvgIpc) is 3.17. The van der Waals surface area contributed by atoms with Gasteiger partial charge >= 0.3 is 0 Å². The molecule has 0 spiro atoms. The minimum atomic E-state index is -0.619. The van der Waals surface area contributed by atoms with E-state index in [1.165, 1.54) is 11.8 Å². The highest BCUT2D eigenvalue weighted by Crippen LogP contribution is 2.41. The lowest BCUT2D eigenvalue weighted by atomic mass is 9.85. The summed E-state index contributed by atoms with van der Waals surface area (Å²) in [6.07, 6.45) is 1.77. The van der Waals surface area contributed by atoms with Gasteiger partial charge in [0.05, 0.1) is 41.0 Å². The van der Waals surface area contributed by atoms with Crippen molar-refractivity contribution in [1.29, 1.82) is 5.26 Å². The van der Waals surface area contributed by atoms with Crippen molar-refractivity contribution >= 4 is 23.4 Å². The first-order valence-electron chi connectivity index (χ1n) is 9.36. The zero-order valence-electron chi connectivity index (χ0n) is 17.1. The average molecular weight is 422 g/mol. The Balaban J connectivity index is 2.05. The number of aryl methyl sites for hydroxylation is 1. The Kier molecular flexibility index (Phi) is 6.70. The van der Waals surface area contributed by atoms with Crippen molar-refractivity contribution in [2.24, 2.45) is 0 Å². The summed E-state index contributed by atoms with van der Waals surface area (Å²) in [5, 5.41) is 16.8. The van der Waals surface area contributed by atoms with Gasteiger partial charge in [-0.05, 0) is 38.1 Å². The van der Waals surface area contributed by atoms with E-state index in [2.05, 4.69) is 23.3 Å². The third-order valence-electron chi connectivity index (χ3n) is 4.64. The molecule has 154 valence electrons. The van der Waals surface area contributed by atoms with E-state index >= 15 is 0 Å². The van der Waals surface area contributed by atoms with E-state index in [4.69, 9.17) is 9.15 Å². The molecule has 1 amide bonds. The number of benzene rings is 1. The Morgan fingerprint density at radius 3 is 2.77 bits per heavy atom. The zero-order valence-corrected chi connectivity index (χ0v) is 17.9. The molecule has 0 radical (unpaired) electrons. The van der Waals surface area contributed by atoms with E-state index in [0.717, 1.165) is 0 Å². The van der Waals surface area contributed by atoms with Gasteiger partial charge in [0, 0.05) is 11.4 Å². The molecule has 7 heteroatoms. The van der Waals surface area contributed by atoms with Crippen LogP contribution in [0.4, 0.5) is 5.69 Å². The third kappa shape index (κ3) is 4.29. The van der Waals surface area contributed by atoms with Gasteiger partial charge in [-0.2, -0.15) is 5.26 Å². The summed E-state index contributed by atoms with van der Waals surface area (Å²) < 4.78 is 11.2. The Bertz CT molecular complexity index is 1080. The van der Waals surface area contributed by atoms with Crippen LogP contribution in [-0.2, 0) is 4.79 Å². The van der Waals surface area contributed by atoms with Crippen LogP contribution in [0.15, 0.2) is 75.3 Å². The van der Waals surface area contributed by atoms with Gasteiger partial charge in [-0.1, -0.05) is 18.2 Å². The number of nitrogens with zero attached hydrogens (tertiary/aromatic N) is 1. The van der Waals surface area contributed by atoms with Gasteiger partial charge in [-0.3, -0.25) is 4.79 Å². The summed E-state index contributed by atoms with van der Waals surface area (Å²) in [5.41, 5.74) is 2.07. The van der Waals surface area contributed by atoms with Crippen molar-refractivity contribution in [3.8, 4) is 11.8 Å². The van der Waals surface area contributed by atoms with Crippen LogP contribution in [0.2, 0.25) is 0 Å². The minimum absolute atomic E-state index is 0.330. The number of methoxy groups -OCH3 is 1. The quantitative estimate of drug-likeness (QED) is 0.622. The fourth-order valence-corrected chi connectivity index (χ4v) is 4.13. The summed E-state index contributed by atoms with van der Waals surface area (Å²) in [4.78, 5) is 13.4. The van der Waals surface area contributed by atoms with Gasteiger partial charge in [0.25, 0.3) is 5.91 Å². The van der Waals surface area contributed by atoms with Crippen LogP contribution in [0.25, 0.3) is 0 Å². The van der Waals surface area contributed by atoms with E-state index in [-0.39, 0.29) is 5.91 Å². The van der Waals surface area contributed by atoms with E-state index in [1.54, 1.807) is 25.3 Å². The second kappa shape index (κ2) is 9.42. The van der Waals surface area contributed by atoms with Gasteiger partial charge in [-0.15, -0.1) is 18.3 Å². The predicted octanol–water partition coefficient (Wildman–Crippen LogP) is 4.85. The van der Waals surface area contributed by atoms with E-state index in [1.807, 2.05) is 38.1 Å². The lowest BCUT2D eigenvalue weighted by molar-refractivity contribution is -0.113. The number of dihydropyridines is 1. The first kappa shape index (κ1) is 21.3. The summed E-state index contributed by atoms with van der Waals surface area (Å²) in [6, 6.07) is 13.1. The maximum atomic E-state index is 13.4. The second-order valence-electron chi connectivity index (χ2n) is 6.65. The first-order chi connectivity index (χ1) is 14.5. The molecule has 0 saturated heterocycles. The SMILES string of the molecule is C=CCSC1=C(C#N)[C@@H](c2ccc(C)o2)C(C(=O)Nc2ccccc2OC)=C(C)N1. The zero-order chi connectivity index (χ0) is 21.7. The van der Waals surface area contributed by atoms with E-state index in [0.29, 0.717) is 50.6 Å². The van der Waals surface area contributed by atoms with Crippen LogP contribution >= 0.6 is 11.8 Å². The number of nitrogens with one attached hydrogen (secondary N) is 2. The smallest absolute Gasteiger partial charge is 0.254 e. The van der Waals surface area contributed by atoms with Gasteiger partial charge in [-0.25, -0.2) is 0 Å². The number of hydrogen-bond donors (Lipinski definition) is 2. The van der Waals surface area contributed by atoms with Crippen LogP contribution in [0.1, 0.15) is 24.4 Å². The van der Waals surface area contributed by atoms with Crippen molar-refractivity contribution in [2.75, 3.05) is 18.2 Å². The number of para-hydroxylation sites is 2. The van der Waals surface area contributed by atoms with Gasteiger partial charge in [0.2, 0.25) is 0 Å². The second-order valence-corrected chi connectivity index (χ2v) is 7.68. The number of amides is 1. The lowest BCUT2D eigenvalue weighted by Gasteiger charge is -2.28. The van der Waals surface area contributed by atoms with Crippen LogP contribution in [-0.4, -0.2) is 18.8 Å². The Morgan fingerprint density at radius 2 is 2.13 bits per heavy atom. The van der Waals surface area contributed by atoms with E-state index in [9.17, 15) is 10.1 Å². The van der Waals surface area contributed by atoms with Crippen molar-refractivity contribution < 1.29 is 13.9 Å². The highest BCUT2D eigenvalue weighted by Gasteiger charge is 2.36. The highest BCUT2D eigenvalue weighted by molar-refractivity contribution is 8.03. The highest BCUT2D eigenvalue weighted by atomic mass is 32.2. The standard InChI is InChI=1S/C23H23N3O3S/c1-5-12-30-23-16(13-24)21(19-11-10-14(2)29-19)20(15(3)25-23)22(27)26-17-8-6-7-9-18(17)28-4/h5-11,21,25H,1,12H2,2-4H3,(H,26,27)/t21-/m0/s1. The number of allylic oxidation sites excluding steroid dienone is 2. The molecular formula is C23H23N3O3S. The summed E-state index contributed by atoms with van der Waals surface area (Å²) in [7, 11) is 1.55. The Morgan fingerprint density at radius 1 is 1.37 bits per heavy atom. The van der Waals surface area contributed by atoms with Gasteiger partial charge < -0.3 is 19.8 Å². The summed E-state index contributed by atoms with van der Waals surface area (Å²) in [5.74, 6) is 1.50. The fourth-order valence-electron chi connectivity index (χ4n) is 3.30. The molecule has 1 aliphatic heterocycles. The van der Waals surface area contributed by atoms with Crippen LogP contribution in [0.3, 0.4) is 0 Å². The monoisotopic (exact) mass is 421 g/mol. The van der Waals surface area contributed by atoms with Gasteiger partial charge in [0.15, 0.2) is 0 Å². The first-order valence-corrected chi connectivity index (χ1v) is 10.3. The lowest BCUT2D eigenvalue weighted by Crippen LogP contribution is -2.30. The molecule has 1 aliphatic rings. The molecule has 30 heavy (non-hydrogen) atoms. The number of hydrogen-bond acceptors (Lipinski definition) is 6. The van der Waals surface area contributed by atoms with Crippen molar-refractivity contribution in [2.45, 2.75) is 19.8 Å². The number of carbonyl (C=O) groups is 1. The van der Waals surface area contributed by atoms with Crippen molar-refractivity contribution in [3.63, 3.8) is 0 Å². The van der Waals surface area contributed by atoms with Gasteiger partial charge in [0.1, 0.15) is 17.3 Å². The molecule has 3 rings (SSSR count). The maximum Gasteiger partial charge on any atom is 0.254 e. The molecule has 0 fully saturated rings. The molecule has 1 aromatic heterocycles. The number of rotatable bonds is 7. The largest absolute Gasteiger partial charge is 0.495 e. The molecule has 2 N–H and O–H groups in total. The topological polar surface area (TPSA) is 87.3 Å². The normalized spacial score (nSPS) is 16.0. The van der Waals surface area contributed by atoms with Crippen LogP contribution in [0, 0.1) is 18.3 Å². The molecular weight excluding hydrogens is 398 g/mol. The molecule has 2 aromatic rings. The summed E-state index contributed by atoms with van der Waals surface area (Å²) >= 11 is 1.46. The molecule has 0 saturated carbocycles. The van der Waals surface area contributed by atoms with Crippen LogP contribution in [0.5, 0.6) is 5.75 Å². The summed E-state index contributed by atoms with van der Waals surface area (Å²) in [6.45, 7) is 7.40. The maximum absolute atomic E-state index is 13.4. The Labute approximate surface area is 180 Å². The molecule has 2 heterocycles. The van der Waals surface area contributed by atoms with E-state index < -0.39 is 5.92 Å². The third-order valence-corrected chi connectivity index (χ3v) is 5.65. The Hall–Kier alpha value is -3.37. The minimum Gasteiger partial charge on any atom is -0.495 e. The molecule has 0 unspecified atom stereocenters. The van der Waals surface area contributed by atoms with Crippen molar-refractivity contribution in [3.05, 3.63) is 82.4 Å². The number of anilines is 1. The number of carbonyl (C=O) groups excluding carboxylic acids is 1. The predicted molar refractivity (Wildman–Crippen MR) is 119 cm³/mol. The molecule has 1 atom stereocenters. The molecule has 1 aromatic carbocycles. The molecule has 0 bridgehead atoms. The number of ether oxygens (including phenoxy) is 1. The number of furan rings is 1.